The molecule has 0 saturated heterocycles. The predicted octanol–water partition coefficient (Wildman–Crippen LogP) is 11.1. The number of hydrogen-bond donors (Lipinski definition) is 0. The lowest BCUT2D eigenvalue weighted by molar-refractivity contribution is 1.40. The third-order valence-corrected chi connectivity index (χ3v) is 9.09. The number of aromatic nitrogens is 2. The van der Waals surface area contributed by atoms with Crippen molar-refractivity contribution in [2.45, 2.75) is 0 Å². The zero-order valence-corrected chi connectivity index (χ0v) is 24.8. The Morgan fingerprint density at radius 1 is 0.435 bits per heavy atom. The third-order valence-electron chi connectivity index (χ3n) is 9.09. The van der Waals surface area contributed by atoms with Crippen molar-refractivity contribution in [2.24, 2.45) is 0 Å². The van der Waals surface area contributed by atoms with Crippen molar-refractivity contribution in [1.29, 1.82) is 5.26 Å². The van der Waals surface area contributed by atoms with E-state index in [1.54, 1.807) is 0 Å². The number of pyridine rings is 2. The van der Waals surface area contributed by atoms with Gasteiger partial charge in [0.1, 0.15) is 0 Å². The van der Waals surface area contributed by atoms with E-state index >= 15 is 0 Å². The van der Waals surface area contributed by atoms with E-state index in [0.29, 0.717) is 5.56 Å². The van der Waals surface area contributed by atoms with Crippen LogP contribution in [-0.2, 0) is 0 Å². The summed E-state index contributed by atoms with van der Waals surface area (Å²) in [5.41, 5.74) is 10.5. The summed E-state index contributed by atoms with van der Waals surface area (Å²) in [5, 5.41) is 17.5. The number of hydrogen-bond acceptors (Lipinski definition) is 3. The molecule has 3 nitrogen and oxygen atoms in total. The zero-order chi connectivity index (χ0) is 30.6. The number of benzene rings is 7. The largest absolute Gasteiger partial charge is 0.254 e. The molecule has 0 atom stereocenters. The molecule has 46 heavy (non-hydrogen) atoms. The first-order chi connectivity index (χ1) is 22.7. The summed E-state index contributed by atoms with van der Waals surface area (Å²) in [7, 11) is 0. The van der Waals surface area contributed by atoms with Gasteiger partial charge in [0, 0.05) is 22.4 Å². The summed E-state index contributed by atoms with van der Waals surface area (Å²) < 4.78 is 0. The lowest BCUT2D eigenvalue weighted by Crippen LogP contribution is -1.91. The van der Waals surface area contributed by atoms with E-state index < -0.39 is 0 Å². The number of fused-ring (bicyclic) bond motifs is 6. The van der Waals surface area contributed by atoms with E-state index in [2.05, 4.69) is 138 Å². The van der Waals surface area contributed by atoms with Gasteiger partial charge in [-0.3, -0.25) is 4.98 Å². The summed E-state index contributed by atoms with van der Waals surface area (Å²) in [6.45, 7) is 0. The summed E-state index contributed by atoms with van der Waals surface area (Å²) in [6.07, 6.45) is 1.83. The lowest BCUT2D eigenvalue weighted by Gasteiger charge is -2.18. The van der Waals surface area contributed by atoms with Crippen molar-refractivity contribution in [2.75, 3.05) is 0 Å². The van der Waals surface area contributed by atoms with Crippen LogP contribution in [0.2, 0.25) is 0 Å². The van der Waals surface area contributed by atoms with Crippen LogP contribution in [-0.4, -0.2) is 9.97 Å². The van der Waals surface area contributed by atoms with E-state index in [1.807, 2.05) is 24.4 Å². The van der Waals surface area contributed by atoms with E-state index in [9.17, 15) is 5.26 Å². The van der Waals surface area contributed by atoms with Crippen molar-refractivity contribution >= 4 is 54.3 Å². The van der Waals surface area contributed by atoms with Gasteiger partial charge < -0.3 is 0 Å². The second-order valence-corrected chi connectivity index (χ2v) is 11.7. The molecule has 9 rings (SSSR count). The van der Waals surface area contributed by atoms with Gasteiger partial charge in [0.2, 0.25) is 0 Å². The van der Waals surface area contributed by atoms with Gasteiger partial charge in [0.15, 0.2) is 0 Å². The van der Waals surface area contributed by atoms with Gasteiger partial charge in [0.05, 0.1) is 28.2 Å². The number of nitriles is 1. The normalized spacial score (nSPS) is 11.5. The monoisotopic (exact) mass is 583 g/mol. The second kappa shape index (κ2) is 10.4. The Kier molecular flexibility index (Phi) is 5.88. The Bertz CT molecular complexity index is 2630. The fourth-order valence-corrected chi connectivity index (χ4v) is 6.91. The molecule has 0 N–H and O–H groups in total. The minimum Gasteiger partial charge on any atom is -0.254 e. The van der Waals surface area contributed by atoms with Crippen molar-refractivity contribution < 1.29 is 0 Å². The molecule has 0 aliphatic heterocycles. The fraction of sp³-hybridized carbons (Fsp3) is 0. The Labute approximate surface area is 265 Å². The Morgan fingerprint density at radius 3 is 1.63 bits per heavy atom. The van der Waals surface area contributed by atoms with Crippen LogP contribution in [0.5, 0.6) is 0 Å². The molecule has 0 bridgehead atoms. The van der Waals surface area contributed by atoms with E-state index in [1.165, 1.54) is 38.2 Å². The average Bonchev–Trinajstić information content (AvgIpc) is 3.13. The van der Waals surface area contributed by atoms with Gasteiger partial charge in [-0.15, -0.1) is 0 Å². The van der Waals surface area contributed by atoms with Gasteiger partial charge in [-0.2, -0.15) is 5.26 Å². The van der Waals surface area contributed by atoms with Crippen LogP contribution in [0, 0.1) is 11.3 Å². The maximum Gasteiger partial charge on any atom is 0.0991 e. The SMILES string of the molecule is N#Cc1ccc(-c2c3ccccc3c(-c3ccc(-c4ccc5nc6c(ccc7cccnc76)cc5c4)cc3)c3ccccc23)cc1. The zero-order valence-electron chi connectivity index (χ0n) is 24.8. The molecule has 212 valence electrons. The summed E-state index contributed by atoms with van der Waals surface area (Å²) in [5.74, 6) is 0. The van der Waals surface area contributed by atoms with Crippen LogP contribution in [0.1, 0.15) is 5.56 Å². The van der Waals surface area contributed by atoms with E-state index in [0.717, 1.165) is 49.4 Å². The van der Waals surface area contributed by atoms with E-state index in [-0.39, 0.29) is 0 Å². The van der Waals surface area contributed by atoms with Crippen LogP contribution >= 0.6 is 0 Å². The molecule has 0 radical (unpaired) electrons. The highest BCUT2D eigenvalue weighted by Gasteiger charge is 2.16. The van der Waals surface area contributed by atoms with Gasteiger partial charge >= 0.3 is 0 Å². The fourth-order valence-electron chi connectivity index (χ4n) is 6.91. The van der Waals surface area contributed by atoms with Gasteiger partial charge in [-0.25, -0.2) is 4.98 Å². The van der Waals surface area contributed by atoms with Crippen LogP contribution in [0.3, 0.4) is 0 Å². The highest BCUT2D eigenvalue weighted by Crippen LogP contribution is 2.44. The quantitative estimate of drug-likeness (QED) is 0.154. The first kappa shape index (κ1) is 26.1. The molecule has 3 heteroatoms. The minimum absolute atomic E-state index is 0.663. The van der Waals surface area contributed by atoms with Crippen LogP contribution < -0.4 is 0 Å². The molecular formula is C43H25N3. The summed E-state index contributed by atoms with van der Waals surface area (Å²) in [6, 6.07) is 53.4. The molecule has 7 aromatic carbocycles. The van der Waals surface area contributed by atoms with Crippen molar-refractivity contribution in [3.8, 4) is 39.4 Å². The van der Waals surface area contributed by atoms with Crippen molar-refractivity contribution in [3.63, 3.8) is 0 Å². The maximum absolute atomic E-state index is 9.36. The van der Waals surface area contributed by atoms with Crippen LogP contribution in [0.25, 0.3) is 87.6 Å². The average molecular weight is 584 g/mol. The molecule has 2 heterocycles. The molecule has 0 spiro atoms. The second-order valence-electron chi connectivity index (χ2n) is 11.7. The molecule has 0 amide bonds. The lowest BCUT2D eigenvalue weighted by atomic mass is 9.85. The number of nitrogens with zero attached hydrogens (tertiary/aromatic N) is 3. The summed E-state index contributed by atoms with van der Waals surface area (Å²) in [4.78, 5) is 9.62. The third kappa shape index (κ3) is 4.13. The molecule has 0 saturated carbocycles. The smallest absolute Gasteiger partial charge is 0.0991 e. The van der Waals surface area contributed by atoms with Crippen LogP contribution in [0.15, 0.2) is 152 Å². The molecule has 0 aliphatic rings. The van der Waals surface area contributed by atoms with Gasteiger partial charge in [-0.05, 0) is 91.3 Å². The van der Waals surface area contributed by atoms with Crippen molar-refractivity contribution in [3.05, 3.63) is 157 Å². The first-order valence-electron chi connectivity index (χ1n) is 15.4. The topological polar surface area (TPSA) is 49.6 Å². The van der Waals surface area contributed by atoms with Crippen LogP contribution in [0.4, 0.5) is 0 Å². The molecule has 9 aromatic rings. The highest BCUT2D eigenvalue weighted by atomic mass is 14.7. The predicted molar refractivity (Wildman–Crippen MR) is 191 cm³/mol. The molecule has 2 aromatic heterocycles. The van der Waals surface area contributed by atoms with Gasteiger partial charge in [0.25, 0.3) is 0 Å². The Morgan fingerprint density at radius 2 is 1.00 bits per heavy atom. The molecular weight excluding hydrogens is 558 g/mol. The maximum atomic E-state index is 9.36. The van der Waals surface area contributed by atoms with E-state index in [4.69, 9.17) is 4.98 Å². The van der Waals surface area contributed by atoms with Crippen molar-refractivity contribution in [1.82, 2.24) is 9.97 Å². The molecule has 0 aliphatic carbocycles. The standard InChI is InChI=1S/C43H25N3/c44-26-27-11-13-29(14-12-27)40-35-7-1-3-9-37(35)41(38-10-4-2-8-36(38)40)30-17-15-28(16-18-30)32-21-22-39-34(24-32)25-33-20-19-31-6-5-23-45-42(31)43(33)46-39/h1-25H. The molecule has 0 unspecified atom stereocenters. The summed E-state index contributed by atoms with van der Waals surface area (Å²) >= 11 is 0. The minimum atomic E-state index is 0.663. The highest BCUT2D eigenvalue weighted by molar-refractivity contribution is 6.21. The number of rotatable bonds is 3. The Balaban J connectivity index is 1.17. The Hall–Kier alpha value is -6.37. The first-order valence-corrected chi connectivity index (χ1v) is 15.4. The molecule has 0 fully saturated rings. The van der Waals surface area contributed by atoms with Gasteiger partial charge in [-0.1, -0.05) is 109 Å².